The van der Waals surface area contributed by atoms with Crippen LogP contribution in [0, 0.1) is 0 Å². The molecule has 0 bridgehead atoms. The molecule has 30 heavy (non-hydrogen) atoms. The maximum atomic E-state index is 12.9. The van der Waals surface area contributed by atoms with E-state index in [1.807, 2.05) is 30.3 Å². The molecule has 1 aliphatic heterocycles. The molecule has 2 aliphatic rings. The summed E-state index contributed by atoms with van der Waals surface area (Å²) in [5.74, 6) is 0.364. The number of amides is 1. The van der Waals surface area contributed by atoms with E-state index < -0.39 is 5.54 Å². The minimum Gasteiger partial charge on any atom is -0.494 e. The topological polar surface area (TPSA) is 73.9 Å². The van der Waals surface area contributed by atoms with E-state index in [0.29, 0.717) is 37.6 Å². The Morgan fingerprint density at radius 2 is 1.97 bits per heavy atom. The van der Waals surface area contributed by atoms with Crippen LogP contribution in [0.3, 0.4) is 0 Å². The highest BCUT2D eigenvalue weighted by Crippen LogP contribution is 2.35. The molecule has 158 valence electrons. The third-order valence-electron chi connectivity index (χ3n) is 5.71. The molecule has 1 N–H and O–H groups in total. The number of unbranched alkanes of at least 4 members (excludes halogenated alkanes) is 1. The SMILES string of the molecule is O=CC1(NC(=O)c2cccc(OCCCCC3OCCO3)c2)CCc2ccccc21. The summed E-state index contributed by atoms with van der Waals surface area (Å²) in [5.41, 5.74) is 1.51. The van der Waals surface area contributed by atoms with Gasteiger partial charge in [0.1, 0.15) is 17.6 Å². The van der Waals surface area contributed by atoms with E-state index in [1.165, 1.54) is 0 Å². The van der Waals surface area contributed by atoms with Gasteiger partial charge in [-0.3, -0.25) is 4.79 Å². The van der Waals surface area contributed by atoms with Crippen molar-refractivity contribution in [3.05, 3.63) is 65.2 Å². The highest BCUT2D eigenvalue weighted by molar-refractivity contribution is 5.97. The zero-order valence-electron chi connectivity index (χ0n) is 17.0. The van der Waals surface area contributed by atoms with Crippen molar-refractivity contribution in [2.24, 2.45) is 0 Å². The summed E-state index contributed by atoms with van der Waals surface area (Å²) in [7, 11) is 0. The van der Waals surface area contributed by atoms with Gasteiger partial charge in [0.25, 0.3) is 5.91 Å². The van der Waals surface area contributed by atoms with Gasteiger partial charge in [-0.15, -0.1) is 0 Å². The Bertz CT molecular complexity index is 893. The summed E-state index contributed by atoms with van der Waals surface area (Å²) >= 11 is 0. The number of rotatable bonds is 9. The fraction of sp³-hybridized carbons (Fsp3) is 0.417. The standard InChI is InChI=1S/C24H27NO5/c26-17-24(12-11-18-6-1-2-9-21(18)24)25-23(27)19-7-5-8-20(16-19)28-13-4-3-10-22-29-14-15-30-22/h1-2,5-9,16-17,22H,3-4,10-15H2,(H,25,27). The van der Waals surface area contributed by atoms with E-state index in [9.17, 15) is 9.59 Å². The van der Waals surface area contributed by atoms with Crippen molar-refractivity contribution in [3.8, 4) is 5.75 Å². The zero-order valence-corrected chi connectivity index (χ0v) is 17.0. The van der Waals surface area contributed by atoms with E-state index in [4.69, 9.17) is 14.2 Å². The van der Waals surface area contributed by atoms with Crippen LogP contribution in [-0.4, -0.2) is 38.3 Å². The van der Waals surface area contributed by atoms with Gasteiger partial charge in [-0.25, -0.2) is 0 Å². The first kappa shape index (κ1) is 20.6. The van der Waals surface area contributed by atoms with Crippen molar-refractivity contribution in [1.82, 2.24) is 5.32 Å². The smallest absolute Gasteiger partial charge is 0.252 e. The molecular formula is C24H27NO5. The number of carbonyl (C=O) groups is 2. The lowest BCUT2D eigenvalue weighted by molar-refractivity contribution is -0.113. The highest BCUT2D eigenvalue weighted by atomic mass is 16.7. The second-order valence-electron chi connectivity index (χ2n) is 7.74. The lowest BCUT2D eigenvalue weighted by Crippen LogP contribution is -2.45. The molecule has 1 amide bonds. The van der Waals surface area contributed by atoms with Gasteiger partial charge < -0.3 is 24.3 Å². The summed E-state index contributed by atoms with van der Waals surface area (Å²) in [6.07, 6.45) is 4.82. The average molecular weight is 409 g/mol. The van der Waals surface area contributed by atoms with Gasteiger partial charge >= 0.3 is 0 Å². The molecule has 6 heteroatoms. The van der Waals surface area contributed by atoms with E-state index in [-0.39, 0.29) is 12.2 Å². The van der Waals surface area contributed by atoms with Gasteiger partial charge in [-0.1, -0.05) is 30.3 Å². The summed E-state index contributed by atoms with van der Waals surface area (Å²) in [6.45, 7) is 1.91. The average Bonchev–Trinajstić information content (AvgIpc) is 3.43. The molecule has 2 aromatic rings. The molecule has 2 aromatic carbocycles. The molecule has 0 aromatic heterocycles. The Balaban J connectivity index is 1.33. The zero-order chi connectivity index (χ0) is 20.8. The van der Waals surface area contributed by atoms with E-state index >= 15 is 0 Å². The number of aryl methyl sites for hydroxylation is 1. The van der Waals surface area contributed by atoms with Crippen molar-refractivity contribution < 1.29 is 23.8 Å². The van der Waals surface area contributed by atoms with Crippen molar-refractivity contribution in [3.63, 3.8) is 0 Å². The van der Waals surface area contributed by atoms with Crippen LogP contribution in [-0.2, 0) is 26.2 Å². The molecule has 1 atom stereocenters. The third-order valence-corrected chi connectivity index (χ3v) is 5.71. The normalized spacial score (nSPS) is 20.7. The molecule has 0 spiro atoms. The van der Waals surface area contributed by atoms with Crippen LogP contribution < -0.4 is 10.1 Å². The number of ether oxygens (including phenoxy) is 3. The number of carbonyl (C=O) groups excluding carboxylic acids is 2. The Morgan fingerprint density at radius 3 is 2.80 bits per heavy atom. The second-order valence-corrected chi connectivity index (χ2v) is 7.74. The number of hydrogen-bond acceptors (Lipinski definition) is 5. The van der Waals surface area contributed by atoms with E-state index in [2.05, 4.69) is 5.32 Å². The molecule has 1 heterocycles. The molecule has 0 radical (unpaired) electrons. The van der Waals surface area contributed by atoms with Gasteiger partial charge in [-0.2, -0.15) is 0 Å². The lowest BCUT2D eigenvalue weighted by atomic mass is 9.93. The number of nitrogens with one attached hydrogen (secondary N) is 1. The lowest BCUT2D eigenvalue weighted by Gasteiger charge is -2.25. The van der Waals surface area contributed by atoms with E-state index in [0.717, 1.165) is 43.1 Å². The number of hydrogen-bond donors (Lipinski definition) is 1. The molecular weight excluding hydrogens is 382 g/mol. The Labute approximate surface area is 176 Å². The first-order valence-electron chi connectivity index (χ1n) is 10.5. The molecule has 1 aliphatic carbocycles. The second kappa shape index (κ2) is 9.41. The van der Waals surface area contributed by atoms with Crippen LogP contribution >= 0.6 is 0 Å². The summed E-state index contributed by atoms with van der Waals surface area (Å²) in [6, 6.07) is 14.9. The Hall–Kier alpha value is -2.70. The fourth-order valence-corrected chi connectivity index (χ4v) is 4.10. The monoisotopic (exact) mass is 409 g/mol. The number of fused-ring (bicyclic) bond motifs is 1. The number of aldehydes is 1. The van der Waals surface area contributed by atoms with Crippen LogP contribution in [0.2, 0.25) is 0 Å². The van der Waals surface area contributed by atoms with Crippen molar-refractivity contribution >= 4 is 12.2 Å². The van der Waals surface area contributed by atoms with Crippen molar-refractivity contribution in [2.45, 2.75) is 43.9 Å². The maximum Gasteiger partial charge on any atom is 0.252 e. The minimum absolute atomic E-state index is 0.0807. The van der Waals surface area contributed by atoms with Crippen LogP contribution in [0.1, 0.15) is 47.2 Å². The Morgan fingerprint density at radius 1 is 1.13 bits per heavy atom. The molecule has 0 saturated carbocycles. The first-order valence-corrected chi connectivity index (χ1v) is 10.5. The van der Waals surface area contributed by atoms with E-state index in [1.54, 1.807) is 18.2 Å². The highest BCUT2D eigenvalue weighted by Gasteiger charge is 2.39. The predicted octanol–water partition coefficient (Wildman–Crippen LogP) is 3.38. The maximum absolute atomic E-state index is 12.9. The third kappa shape index (κ3) is 4.55. The Kier molecular flexibility index (Phi) is 6.45. The van der Waals surface area contributed by atoms with Crippen LogP contribution in [0.5, 0.6) is 5.75 Å². The van der Waals surface area contributed by atoms with Crippen LogP contribution in [0.25, 0.3) is 0 Å². The van der Waals surface area contributed by atoms with Gasteiger partial charge in [0.05, 0.1) is 19.8 Å². The van der Waals surface area contributed by atoms with Crippen molar-refractivity contribution in [2.75, 3.05) is 19.8 Å². The van der Waals surface area contributed by atoms with Crippen molar-refractivity contribution in [1.29, 1.82) is 0 Å². The summed E-state index contributed by atoms with van der Waals surface area (Å²) in [4.78, 5) is 24.9. The van der Waals surface area contributed by atoms with Gasteiger partial charge in [0, 0.05) is 5.56 Å². The minimum atomic E-state index is -0.963. The first-order chi connectivity index (χ1) is 14.7. The van der Waals surface area contributed by atoms with Crippen LogP contribution in [0.4, 0.5) is 0 Å². The van der Waals surface area contributed by atoms with Gasteiger partial charge in [0.2, 0.25) is 0 Å². The molecule has 1 saturated heterocycles. The van der Waals surface area contributed by atoms with Gasteiger partial charge in [0.15, 0.2) is 6.29 Å². The summed E-state index contributed by atoms with van der Waals surface area (Å²) in [5, 5.41) is 2.96. The predicted molar refractivity (Wildman–Crippen MR) is 111 cm³/mol. The van der Waals surface area contributed by atoms with Crippen LogP contribution in [0.15, 0.2) is 48.5 Å². The molecule has 4 rings (SSSR count). The summed E-state index contributed by atoms with van der Waals surface area (Å²) < 4.78 is 16.7. The number of benzene rings is 2. The molecule has 1 unspecified atom stereocenters. The van der Waals surface area contributed by atoms with Gasteiger partial charge in [-0.05, 0) is 61.4 Å². The molecule has 6 nitrogen and oxygen atoms in total. The molecule has 1 fully saturated rings. The quantitative estimate of drug-likeness (QED) is 0.508. The largest absolute Gasteiger partial charge is 0.494 e. The fourth-order valence-electron chi connectivity index (χ4n) is 4.10.